The Balaban J connectivity index is 2.68. The lowest BCUT2D eigenvalue weighted by Crippen LogP contribution is -2.44. The van der Waals surface area contributed by atoms with Crippen molar-refractivity contribution in [3.63, 3.8) is 0 Å². The number of carbonyl (C=O) groups is 2. The smallest absolute Gasteiger partial charge is 0.328 e. The van der Waals surface area contributed by atoms with Crippen molar-refractivity contribution in [2.75, 3.05) is 7.11 Å². The summed E-state index contributed by atoms with van der Waals surface area (Å²) in [5.74, 6) is -0.293. The molecule has 0 aliphatic carbocycles. The quantitative estimate of drug-likeness (QED) is 0.649. The Morgan fingerprint density at radius 1 is 1.09 bits per heavy atom. The van der Waals surface area contributed by atoms with Crippen LogP contribution in [0.25, 0.3) is 6.08 Å². The summed E-state index contributed by atoms with van der Waals surface area (Å²) in [6.07, 6.45) is 3.16. The maximum absolute atomic E-state index is 11.9. The van der Waals surface area contributed by atoms with Gasteiger partial charge in [-0.1, -0.05) is 52.0 Å². The molecule has 4 heteroatoms. The molecule has 0 aliphatic heterocycles. The zero-order valence-corrected chi connectivity index (χ0v) is 13.9. The molecular formula is C18H25NO3. The van der Waals surface area contributed by atoms with Crippen LogP contribution >= 0.6 is 0 Å². The fraction of sp³-hybridized carbons (Fsp3) is 0.444. The van der Waals surface area contributed by atoms with Crippen LogP contribution < -0.4 is 5.32 Å². The highest BCUT2D eigenvalue weighted by Crippen LogP contribution is 2.15. The van der Waals surface area contributed by atoms with Gasteiger partial charge in [0, 0.05) is 6.08 Å². The molecule has 0 unspecified atom stereocenters. The van der Waals surface area contributed by atoms with Crippen LogP contribution in [0.5, 0.6) is 0 Å². The standard InChI is InChI=1S/C18H25NO3/c1-12(2)15-9-6-14(7-10-15)8-11-16(20)19-17(13(3)4)18(21)22-5/h6-13,17H,1-5H3,(H,19,20)/b11-8+/t17-/m0/s1. The molecule has 1 amide bonds. The summed E-state index contributed by atoms with van der Waals surface area (Å²) in [4.78, 5) is 23.5. The van der Waals surface area contributed by atoms with Gasteiger partial charge in [0.25, 0.3) is 0 Å². The minimum absolute atomic E-state index is 0.0323. The predicted octanol–water partition coefficient (Wildman–Crippen LogP) is 3.14. The summed E-state index contributed by atoms with van der Waals surface area (Å²) in [7, 11) is 1.32. The van der Waals surface area contributed by atoms with E-state index in [0.29, 0.717) is 5.92 Å². The first kappa shape index (κ1) is 18.0. The Bertz CT molecular complexity index is 530. The first-order valence-corrected chi connectivity index (χ1v) is 7.51. The zero-order chi connectivity index (χ0) is 16.7. The Kier molecular flexibility index (Phi) is 6.83. The number of hydrogen-bond donors (Lipinski definition) is 1. The monoisotopic (exact) mass is 303 g/mol. The molecule has 0 bridgehead atoms. The second-order valence-corrected chi connectivity index (χ2v) is 5.91. The van der Waals surface area contributed by atoms with Crippen LogP contribution in [0, 0.1) is 5.92 Å². The summed E-state index contributed by atoms with van der Waals surface area (Å²) >= 11 is 0. The minimum Gasteiger partial charge on any atom is -0.467 e. The maximum Gasteiger partial charge on any atom is 0.328 e. The molecule has 0 saturated carbocycles. The molecule has 0 saturated heterocycles. The Morgan fingerprint density at radius 3 is 2.14 bits per heavy atom. The summed E-state index contributed by atoms with van der Waals surface area (Å²) < 4.78 is 4.70. The van der Waals surface area contributed by atoms with Gasteiger partial charge in [-0.05, 0) is 29.0 Å². The third-order valence-electron chi connectivity index (χ3n) is 3.45. The van der Waals surface area contributed by atoms with Crippen molar-refractivity contribution in [1.82, 2.24) is 5.32 Å². The van der Waals surface area contributed by atoms with E-state index in [1.807, 2.05) is 38.1 Å². The molecule has 0 fully saturated rings. The number of ether oxygens (including phenoxy) is 1. The van der Waals surface area contributed by atoms with Gasteiger partial charge in [0.15, 0.2) is 0 Å². The first-order valence-electron chi connectivity index (χ1n) is 7.51. The Labute approximate surface area is 132 Å². The molecule has 1 aromatic rings. The number of rotatable bonds is 6. The minimum atomic E-state index is -0.634. The van der Waals surface area contributed by atoms with Crippen molar-refractivity contribution in [3.05, 3.63) is 41.5 Å². The fourth-order valence-corrected chi connectivity index (χ4v) is 1.99. The van der Waals surface area contributed by atoms with Crippen molar-refractivity contribution in [2.24, 2.45) is 5.92 Å². The third-order valence-corrected chi connectivity index (χ3v) is 3.45. The van der Waals surface area contributed by atoms with Gasteiger partial charge in [-0.15, -0.1) is 0 Å². The Morgan fingerprint density at radius 2 is 1.68 bits per heavy atom. The lowest BCUT2D eigenvalue weighted by atomic mass is 10.0. The van der Waals surface area contributed by atoms with Gasteiger partial charge in [-0.3, -0.25) is 4.79 Å². The SMILES string of the molecule is COC(=O)[C@@H](NC(=O)/C=C/c1ccc(C(C)C)cc1)C(C)C. The maximum atomic E-state index is 11.9. The molecule has 0 radical (unpaired) electrons. The fourth-order valence-electron chi connectivity index (χ4n) is 1.99. The molecule has 1 atom stereocenters. The Hall–Kier alpha value is -2.10. The first-order chi connectivity index (χ1) is 10.3. The predicted molar refractivity (Wildman–Crippen MR) is 88.3 cm³/mol. The number of methoxy groups -OCH3 is 1. The molecule has 22 heavy (non-hydrogen) atoms. The highest BCUT2D eigenvalue weighted by atomic mass is 16.5. The van der Waals surface area contributed by atoms with E-state index in [9.17, 15) is 9.59 Å². The van der Waals surface area contributed by atoms with Gasteiger partial charge in [0.1, 0.15) is 6.04 Å². The van der Waals surface area contributed by atoms with Gasteiger partial charge in [0.2, 0.25) is 5.91 Å². The van der Waals surface area contributed by atoms with Crippen LogP contribution in [0.2, 0.25) is 0 Å². The topological polar surface area (TPSA) is 55.4 Å². The lowest BCUT2D eigenvalue weighted by molar-refractivity contribution is -0.145. The normalized spacial score (nSPS) is 12.7. The average molecular weight is 303 g/mol. The van der Waals surface area contributed by atoms with Gasteiger partial charge in [-0.2, -0.15) is 0 Å². The molecule has 4 nitrogen and oxygen atoms in total. The number of amides is 1. The van der Waals surface area contributed by atoms with Crippen molar-refractivity contribution in [2.45, 2.75) is 39.7 Å². The van der Waals surface area contributed by atoms with E-state index in [2.05, 4.69) is 19.2 Å². The van der Waals surface area contributed by atoms with E-state index in [1.165, 1.54) is 18.7 Å². The molecule has 1 rings (SSSR count). The van der Waals surface area contributed by atoms with Crippen LogP contribution in [-0.2, 0) is 14.3 Å². The van der Waals surface area contributed by atoms with Crippen LogP contribution in [-0.4, -0.2) is 25.0 Å². The summed E-state index contributed by atoms with van der Waals surface area (Å²) in [5, 5.41) is 2.67. The second-order valence-electron chi connectivity index (χ2n) is 5.91. The van der Waals surface area contributed by atoms with E-state index in [0.717, 1.165) is 5.56 Å². The number of nitrogens with one attached hydrogen (secondary N) is 1. The second kappa shape index (κ2) is 8.37. The number of carbonyl (C=O) groups excluding carboxylic acids is 2. The molecule has 120 valence electrons. The number of benzene rings is 1. The molecule has 0 spiro atoms. The molecule has 1 N–H and O–H groups in total. The van der Waals surface area contributed by atoms with Gasteiger partial charge in [0.05, 0.1) is 7.11 Å². The van der Waals surface area contributed by atoms with Gasteiger partial charge >= 0.3 is 5.97 Å². The van der Waals surface area contributed by atoms with E-state index >= 15 is 0 Å². The highest BCUT2D eigenvalue weighted by Gasteiger charge is 2.23. The van der Waals surface area contributed by atoms with Crippen molar-refractivity contribution >= 4 is 18.0 Å². The third kappa shape index (κ3) is 5.35. The zero-order valence-electron chi connectivity index (χ0n) is 13.9. The van der Waals surface area contributed by atoms with E-state index < -0.39 is 12.0 Å². The molecule has 0 aromatic heterocycles. The lowest BCUT2D eigenvalue weighted by Gasteiger charge is -2.18. The summed E-state index contributed by atoms with van der Waals surface area (Å²) in [5.41, 5.74) is 2.20. The largest absolute Gasteiger partial charge is 0.467 e. The molecule has 0 heterocycles. The van der Waals surface area contributed by atoms with Crippen LogP contribution in [0.1, 0.15) is 44.7 Å². The molecule has 0 aliphatic rings. The van der Waals surface area contributed by atoms with Crippen LogP contribution in [0.15, 0.2) is 30.3 Å². The van der Waals surface area contributed by atoms with Crippen molar-refractivity contribution in [3.8, 4) is 0 Å². The average Bonchev–Trinajstić information content (AvgIpc) is 2.49. The van der Waals surface area contributed by atoms with Gasteiger partial charge in [-0.25, -0.2) is 4.79 Å². The van der Waals surface area contributed by atoms with E-state index in [4.69, 9.17) is 4.74 Å². The number of esters is 1. The molecule has 1 aromatic carbocycles. The number of hydrogen-bond acceptors (Lipinski definition) is 3. The summed E-state index contributed by atoms with van der Waals surface area (Å²) in [6, 6.07) is 7.41. The van der Waals surface area contributed by atoms with Crippen LogP contribution in [0.3, 0.4) is 0 Å². The van der Waals surface area contributed by atoms with E-state index in [-0.39, 0.29) is 11.8 Å². The highest BCUT2D eigenvalue weighted by molar-refractivity contribution is 5.94. The molecular weight excluding hydrogens is 278 g/mol. The summed E-state index contributed by atoms with van der Waals surface area (Å²) in [6.45, 7) is 7.99. The van der Waals surface area contributed by atoms with Crippen molar-refractivity contribution in [1.29, 1.82) is 0 Å². The van der Waals surface area contributed by atoms with Crippen LogP contribution in [0.4, 0.5) is 0 Å². The van der Waals surface area contributed by atoms with E-state index in [1.54, 1.807) is 6.08 Å². The van der Waals surface area contributed by atoms with Gasteiger partial charge < -0.3 is 10.1 Å². The van der Waals surface area contributed by atoms with Crippen molar-refractivity contribution < 1.29 is 14.3 Å².